The largest absolute Gasteiger partial charge is 0.307 e. The van der Waals surface area contributed by atoms with Crippen LogP contribution in [0.2, 0.25) is 0 Å². The standard InChI is InChI=1S/C13H15N5/c1-2-4-10-9-7-14-8-11(9)18-13(17-10)12-15-5-3-6-16-12/h3,5-6,14H,2,4,7-8H2,1H3. The van der Waals surface area contributed by atoms with Gasteiger partial charge in [-0.1, -0.05) is 13.3 Å². The molecule has 5 nitrogen and oxygen atoms in total. The Morgan fingerprint density at radius 2 is 1.94 bits per heavy atom. The molecule has 0 fully saturated rings. The molecule has 0 aromatic carbocycles. The molecule has 0 radical (unpaired) electrons. The minimum absolute atomic E-state index is 0.601. The van der Waals surface area contributed by atoms with Gasteiger partial charge < -0.3 is 5.32 Å². The van der Waals surface area contributed by atoms with Gasteiger partial charge in [0.25, 0.3) is 0 Å². The van der Waals surface area contributed by atoms with Gasteiger partial charge in [-0.3, -0.25) is 0 Å². The van der Waals surface area contributed by atoms with Gasteiger partial charge in [0.1, 0.15) is 0 Å². The summed E-state index contributed by atoms with van der Waals surface area (Å²) in [6, 6.07) is 1.80. The summed E-state index contributed by atoms with van der Waals surface area (Å²) in [6.07, 6.45) is 5.50. The molecule has 0 bridgehead atoms. The second-order valence-electron chi connectivity index (χ2n) is 4.35. The molecule has 1 N–H and O–H groups in total. The van der Waals surface area contributed by atoms with E-state index in [0.717, 1.165) is 37.3 Å². The molecular formula is C13H15N5. The van der Waals surface area contributed by atoms with E-state index in [4.69, 9.17) is 0 Å². The van der Waals surface area contributed by atoms with Gasteiger partial charge in [-0.2, -0.15) is 0 Å². The second-order valence-corrected chi connectivity index (χ2v) is 4.35. The predicted octanol–water partition coefficient (Wildman–Crippen LogP) is 1.49. The van der Waals surface area contributed by atoms with Crippen molar-refractivity contribution >= 4 is 0 Å². The van der Waals surface area contributed by atoms with Crippen molar-refractivity contribution < 1.29 is 0 Å². The van der Waals surface area contributed by atoms with E-state index in [9.17, 15) is 0 Å². The Labute approximate surface area is 106 Å². The van der Waals surface area contributed by atoms with Crippen molar-refractivity contribution in [1.29, 1.82) is 0 Å². The second kappa shape index (κ2) is 4.78. The first kappa shape index (κ1) is 11.2. The van der Waals surface area contributed by atoms with Crippen molar-refractivity contribution in [3.63, 3.8) is 0 Å². The molecule has 0 atom stereocenters. The Hall–Kier alpha value is -1.88. The van der Waals surface area contributed by atoms with Gasteiger partial charge in [-0.15, -0.1) is 0 Å². The van der Waals surface area contributed by atoms with Crippen molar-refractivity contribution in [2.24, 2.45) is 0 Å². The SMILES string of the molecule is CCCc1nc(-c2ncccn2)nc2c1CNC2. The fraction of sp³-hybridized carbons (Fsp3) is 0.385. The fourth-order valence-corrected chi connectivity index (χ4v) is 2.20. The maximum Gasteiger partial charge on any atom is 0.198 e. The zero-order valence-corrected chi connectivity index (χ0v) is 10.3. The van der Waals surface area contributed by atoms with Gasteiger partial charge in [0, 0.05) is 36.7 Å². The molecule has 1 aliphatic rings. The first-order chi connectivity index (χ1) is 8.88. The quantitative estimate of drug-likeness (QED) is 0.882. The van der Waals surface area contributed by atoms with Crippen LogP contribution in [0.25, 0.3) is 11.6 Å². The third-order valence-electron chi connectivity index (χ3n) is 3.03. The minimum Gasteiger partial charge on any atom is -0.307 e. The average Bonchev–Trinajstić information content (AvgIpc) is 2.88. The summed E-state index contributed by atoms with van der Waals surface area (Å²) in [4.78, 5) is 17.6. The van der Waals surface area contributed by atoms with E-state index < -0.39 is 0 Å². The van der Waals surface area contributed by atoms with E-state index in [0.29, 0.717) is 11.6 Å². The molecule has 0 saturated carbocycles. The molecule has 3 rings (SSSR count). The van der Waals surface area contributed by atoms with E-state index in [-0.39, 0.29) is 0 Å². The zero-order valence-electron chi connectivity index (χ0n) is 10.3. The zero-order chi connectivity index (χ0) is 12.4. The number of hydrogen-bond donors (Lipinski definition) is 1. The summed E-state index contributed by atoms with van der Waals surface area (Å²) in [5, 5.41) is 3.32. The Bertz CT molecular complexity index is 553. The van der Waals surface area contributed by atoms with Gasteiger partial charge in [-0.25, -0.2) is 19.9 Å². The number of fused-ring (bicyclic) bond motifs is 1. The maximum atomic E-state index is 4.63. The van der Waals surface area contributed by atoms with Crippen molar-refractivity contribution in [2.75, 3.05) is 0 Å². The summed E-state index contributed by atoms with van der Waals surface area (Å²) in [6.45, 7) is 3.85. The van der Waals surface area contributed by atoms with Gasteiger partial charge in [-0.05, 0) is 12.5 Å². The van der Waals surface area contributed by atoms with Crippen LogP contribution in [0.5, 0.6) is 0 Å². The van der Waals surface area contributed by atoms with Crippen molar-refractivity contribution in [3.05, 3.63) is 35.4 Å². The van der Waals surface area contributed by atoms with Gasteiger partial charge >= 0.3 is 0 Å². The molecule has 2 aromatic rings. The summed E-state index contributed by atoms with van der Waals surface area (Å²) >= 11 is 0. The number of aromatic nitrogens is 4. The maximum absolute atomic E-state index is 4.63. The number of nitrogens with zero attached hydrogens (tertiary/aromatic N) is 4. The first-order valence-electron chi connectivity index (χ1n) is 6.25. The molecule has 1 aliphatic heterocycles. The number of nitrogens with one attached hydrogen (secondary N) is 1. The Morgan fingerprint density at radius 1 is 1.11 bits per heavy atom. The van der Waals surface area contributed by atoms with Gasteiger partial charge in [0.2, 0.25) is 0 Å². The van der Waals surface area contributed by atoms with Crippen LogP contribution in [-0.2, 0) is 19.5 Å². The Balaban J connectivity index is 2.09. The van der Waals surface area contributed by atoms with Crippen LogP contribution in [0.15, 0.2) is 18.5 Å². The van der Waals surface area contributed by atoms with Crippen molar-refractivity contribution in [2.45, 2.75) is 32.9 Å². The normalized spacial score (nSPS) is 13.6. The van der Waals surface area contributed by atoms with E-state index in [2.05, 4.69) is 32.2 Å². The molecule has 0 aliphatic carbocycles. The molecule has 5 heteroatoms. The molecule has 0 unspecified atom stereocenters. The molecule has 0 amide bonds. The third kappa shape index (κ3) is 1.97. The Morgan fingerprint density at radius 3 is 2.72 bits per heavy atom. The van der Waals surface area contributed by atoms with E-state index in [1.807, 2.05) is 0 Å². The fourth-order valence-electron chi connectivity index (χ4n) is 2.20. The summed E-state index contributed by atoms with van der Waals surface area (Å²) in [7, 11) is 0. The van der Waals surface area contributed by atoms with Crippen molar-refractivity contribution in [1.82, 2.24) is 25.3 Å². The lowest BCUT2D eigenvalue weighted by Crippen LogP contribution is -2.05. The number of aryl methyl sites for hydroxylation is 1. The molecule has 3 heterocycles. The van der Waals surface area contributed by atoms with Gasteiger partial charge in [0.05, 0.1) is 5.69 Å². The number of hydrogen-bond acceptors (Lipinski definition) is 5. The lowest BCUT2D eigenvalue weighted by molar-refractivity contribution is 0.753. The highest BCUT2D eigenvalue weighted by molar-refractivity contribution is 5.45. The van der Waals surface area contributed by atoms with Crippen LogP contribution in [-0.4, -0.2) is 19.9 Å². The lowest BCUT2D eigenvalue weighted by Gasteiger charge is -2.07. The molecule has 2 aromatic heterocycles. The molecule has 0 saturated heterocycles. The van der Waals surface area contributed by atoms with E-state index in [1.165, 1.54) is 5.56 Å². The monoisotopic (exact) mass is 241 g/mol. The van der Waals surface area contributed by atoms with Crippen LogP contribution in [0.4, 0.5) is 0 Å². The van der Waals surface area contributed by atoms with Crippen LogP contribution in [0.1, 0.15) is 30.3 Å². The summed E-state index contributed by atoms with van der Waals surface area (Å²) in [5.41, 5.74) is 3.49. The highest BCUT2D eigenvalue weighted by atomic mass is 15.0. The number of rotatable bonds is 3. The third-order valence-corrected chi connectivity index (χ3v) is 3.03. The first-order valence-corrected chi connectivity index (χ1v) is 6.25. The van der Waals surface area contributed by atoms with Crippen LogP contribution in [0.3, 0.4) is 0 Å². The van der Waals surface area contributed by atoms with Gasteiger partial charge in [0.15, 0.2) is 11.6 Å². The average molecular weight is 241 g/mol. The van der Waals surface area contributed by atoms with E-state index in [1.54, 1.807) is 18.5 Å². The van der Waals surface area contributed by atoms with Crippen LogP contribution >= 0.6 is 0 Å². The minimum atomic E-state index is 0.601. The molecule has 0 spiro atoms. The summed E-state index contributed by atoms with van der Waals surface area (Å²) in [5.74, 6) is 1.24. The topological polar surface area (TPSA) is 63.6 Å². The summed E-state index contributed by atoms with van der Waals surface area (Å²) < 4.78 is 0. The highest BCUT2D eigenvalue weighted by Crippen LogP contribution is 2.21. The van der Waals surface area contributed by atoms with Crippen LogP contribution in [0, 0.1) is 0 Å². The van der Waals surface area contributed by atoms with E-state index >= 15 is 0 Å². The molecule has 92 valence electrons. The molecule has 18 heavy (non-hydrogen) atoms. The molecular weight excluding hydrogens is 226 g/mol. The predicted molar refractivity (Wildman–Crippen MR) is 67.6 cm³/mol. The lowest BCUT2D eigenvalue weighted by atomic mass is 10.1. The Kier molecular flexibility index (Phi) is 2.98. The van der Waals surface area contributed by atoms with Crippen LogP contribution < -0.4 is 5.32 Å². The highest BCUT2D eigenvalue weighted by Gasteiger charge is 2.19. The smallest absolute Gasteiger partial charge is 0.198 e. The van der Waals surface area contributed by atoms with Crippen molar-refractivity contribution in [3.8, 4) is 11.6 Å².